The van der Waals surface area contributed by atoms with Crippen LogP contribution in [0.1, 0.15) is 67.5 Å². The first-order chi connectivity index (χ1) is 14.0. The molecule has 3 heterocycles. The summed E-state index contributed by atoms with van der Waals surface area (Å²) in [4.78, 5) is 17.1. The largest absolute Gasteiger partial charge is 0.299 e. The van der Waals surface area contributed by atoms with Crippen LogP contribution in [-0.2, 0) is 27.7 Å². The van der Waals surface area contributed by atoms with Crippen molar-refractivity contribution in [1.29, 1.82) is 0 Å². The summed E-state index contributed by atoms with van der Waals surface area (Å²) in [5.41, 5.74) is 5.51. The second-order valence-electron chi connectivity index (χ2n) is 9.31. The number of aromatic nitrogens is 1. The Labute approximate surface area is 171 Å². The maximum absolute atomic E-state index is 12.9. The second-order valence-corrected chi connectivity index (χ2v) is 11.4. The van der Waals surface area contributed by atoms with Gasteiger partial charge in [0.05, 0.1) is 10.9 Å². The standard InChI is InChI=1S/C23H26N2O3S/c26-23(14-4-5-14)13-16-12-21(20-2-1-3-22(20)24-16)15-10-17-6-7-18(11-15)25(17)29(27,28)19-8-9-19/h1-2,10,12,14,17-19H,3-9,11,13H2. The molecule has 2 bridgehead atoms. The van der Waals surface area contributed by atoms with Crippen LogP contribution in [0.5, 0.6) is 0 Å². The van der Waals surface area contributed by atoms with Gasteiger partial charge in [0.2, 0.25) is 10.0 Å². The van der Waals surface area contributed by atoms with Gasteiger partial charge in [0.25, 0.3) is 0 Å². The predicted molar refractivity (Wildman–Crippen MR) is 112 cm³/mol. The number of sulfonamides is 1. The van der Waals surface area contributed by atoms with Gasteiger partial charge in [0.15, 0.2) is 0 Å². The Morgan fingerprint density at radius 1 is 1.14 bits per heavy atom. The Bertz CT molecular complexity index is 1060. The molecule has 3 fully saturated rings. The van der Waals surface area contributed by atoms with E-state index in [1.807, 2.05) is 4.31 Å². The van der Waals surface area contributed by atoms with Crippen LogP contribution in [-0.4, -0.2) is 40.8 Å². The molecule has 2 unspecified atom stereocenters. The highest BCUT2D eigenvalue weighted by Gasteiger charge is 2.49. The van der Waals surface area contributed by atoms with E-state index in [1.165, 1.54) is 11.1 Å². The van der Waals surface area contributed by atoms with Gasteiger partial charge in [-0.25, -0.2) is 8.42 Å². The Hall–Kier alpha value is -1.79. The van der Waals surface area contributed by atoms with Gasteiger partial charge in [0.1, 0.15) is 5.78 Å². The summed E-state index contributed by atoms with van der Waals surface area (Å²) in [6.45, 7) is 0. The molecule has 1 aromatic heterocycles. The van der Waals surface area contributed by atoms with E-state index in [4.69, 9.17) is 4.98 Å². The molecule has 1 saturated heterocycles. The third-order valence-corrected chi connectivity index (χ3v) is 9.56. The van der Waals surface area contributed by atoms with Crippen LogP contribution in [0.25, 0.3) is 11.6 Å². The SMILES string of the molecule is O=C(Cc1cc(C2=CC3CCC(C2)N3S(=O)(=O)C2CC2)c2c(n1)CC=C2)C1CC1. The van der Waals surface area contributed by atoms with Crippen LogP contribution in [0.15, 0.2) is 18.2 Å². The lowest BCUT2D eigenvalue weighted by Gasteiger charge is -2.33. The zero-order chi connectivity index (χ0) is 19.8. The van der Waals surface area contributed by atoms with Crippen molar-refractivity contribution in [2.75, 3.05) is 0 Å². The van der Waals surface area contributed by atoms with Crippen molar-refractivity contribution < 1.29 is 13.2 Å². The average molecular weight is 411 g/mol. The third-order valence-electron chi connectivity index (χ3n) is 7.09. The van der Waals surface area contributed by atoms with Crippen molar-refractivity contribution in [3.8, 4) is 0 Å². The summed E-state index contributed by atoms with van der Waals surface area (Å²) >= 11 is 0. The number of hydrogen-bond acceptors (Lipinski definition) is 4. The molecular formula is C23H26N2O3S. The van der Waals surface area contributed by atoms with Crippen molar-refractivity contribution in [2.24, 2.45) is 5.92 Å². The van der Waals surface area contributed by atoms with Crippen LogP contribution < -0.4 is 0 Å². The van der Waals surface area contributed by atoms with Crippen molar-refractivity contribution >= 4 is 27.5 Å². The van der Waals surface area contributed by atoms with Gasteiger partial charge in [-0.15, -0.1) is 0 Å². The highest BCUT2D eigenvalue weighted by Crippen LogP contribution is 2.45. The Kier molecular flexibility index (Phi) is 3.95. The van der Waals surface area contributed by atoms with E-state index in [1.54, 1.807) is 0 Å². The number of allylic oxidation sites excluding steroid dienone is 1. The van der Waals surface area contributed by atoms with Crippen molar-refractivity contribution in [2.45, 2.75) is 75.1 Å². The number of fused-ring (bicyclic) bond motifs is 3. The molecule has 2 aliphatic heterocycles. The maximum atomic E-state index is 12.9. The number of ketones is 1. The fourth-order valence-electron chi connectivity index (χ4n) is 5.31. The van der Waals surface area contributed by atoms with E-state index >= 15 is 0 Å². The second kappa shape index (κ2) is 6.35. The van der Waals surface area contributed by atoms with Gasteiger partial charge in [-0.3, -0.25) is 9.78 Å². The zero-order valence-corrected chi connectivity index (χ0v) is 17.3. The first kappa shape index (κ1) is 18.0. The van der Waals surface area contributed by atoms with Gasteiger partial charge in [-0.1, -0.05) is 18.2 Å². The molecule has 0 aromatic carbocycles. The van der Waals surface area contributed by atoms with Crippen LogP contribution in [0, 0.1) is 5.92 Å². The summed E-state index contributed by atoms with van der Waals surface area (Å²) < 4.78 is 27.7. The maximum Gasteiger partial charge on any atom is 0.217 e. The number of rotatable bonds is 6. The first-order valence-electron chi connectivity index (χ1n) is 11.0. The number of pyridine rings is 1. The normalized spacial score (nSPS) is 28.5. The fourth-order valence-corrected chi connectivity index (χ4v) is 7.52. The minimum Gasteiger partial charge on any atom is -0.299 e. The molecule has 0 spiro atoms. The Morgan fingerprint density at radius 2 is 1.97 bits per heavy atom. The van der Waals surface area contributed by atoms with Crippen molar-refractivity contribution in [1.82, 2.24) is 9.29 Å². The highest BCUT2D eigenvalue weighted by atomic mass is 32.2. The van der Waals surface area contributed by atoms with E-state index in [2.05, 4.69) is 24.3 Å². The highest BCUT2D eigenvalue weighted by molar-refractivity contribution is 7.90. The molecule has 29 heavy (non-hydrogen) atoms. The molecule has 6 rings (SSSR count). The van der Waals surface area contributed by atoms with E-state index in [9.17, 15) is 13.2 Å². The summed E-state index contributed by atoms with van der Waals surface area (Å²) in [5, 5.41) is -0.145. The number of carbonyl (C=O) groups is 1. The smallest absolute Gasteiger partial charge is 0.217 e. The molecule has 2 atom stereocenters. The summed E-state index contributed by atoms with van der Waals surface area (Å²) in [5.74, 6) is 0.561. The van der Waals surface area contributed by atoms with E-state index in [-0.39, 0.29) is 23.3 Å². The molecule has 0 amide bonds. The number of carbonyl (C=O) groups excluding carboxylic acids is 1. The lowest BCUT2D eigenvalue weighted by Crippen LogP contribution is -2.44. The van der Waals surface area contributed by atoms with Gasteiger partial charge in [-0.2, -0.15) is 4.31 Å². The average Bonchev–Trinajstić information content (AvgIpc) is 3.61. The Morgan fingerprint density at radius 3 is 2.69 bits per heavy atom. The quantitative estimate of drug-likeness (QED) is 0.722. The molecule has 0 radical (unpaired) electrons. The van der Waals surface area contributed by atoms with Crippen molar-refractivity contribution in [3.05, 3.63) is 40.7 Å². The number of nitrogens with zero attached hydrogens (tertiary/aromatic N) is 2. The molecule has 1 aromatic rings. The van der Waals surface area contributed by atoms with Gasteiger partial charge >= 0.3 is 0 Å². The molecule has 3 aliphatic carbocycles. The molecule has 5 nitrogen and oxygen atoms in total. The van der Waals surface area contributed by atoms with Crippen LogP contribution in [0.2, 0.25) is 0 Å². The summed E-state index contributed by atoms with van der Waals surface area (Å²) in [7, 11) is -3.15. The lowest BCUT2D eigenvalue weighted by molar-refractivity contribution is -0.119. The topological polar surface area (TPSA) is 67.3 Å². The minimum absolute atomic E-state index is 0.0138. The van der Waals surface area contributed by atoms with E-state index < -0.39 is 10.0 Å². The molecule has 5 aliphatic rings. The summed E-state index contributed by atoms with van der Waals surface area (Å²) in [6, 6.07) is 2.17. The van der Waals surface area contributed by atoms with Gasteiger partial charge in [-0.05, 0) is 62.1 Å². The summed E-state index contributed by atoms with van der Waals surface area (Å²) in [6.07, 6.45) is 14.0. The Balaban J connectivity index is 1.36. The fraction of sp³-hybridized carbons (Fsp3) is 0.565. The molecule has 0 N–H and O–H groups in total. The van der Waals surface area contributed by atoms with Crippen LogP contribution >= 0.6 is 0 Å². The monoisotopic (exact) mass is 410 g/mol. The minimum atomic E-state index is -3.15. The van der Waals surface area contributed by atoms with E-state index in [0.29, 0.717) is 12.2 Å². The lowest BCUT2D eigenvalue weighted by atomic mass is 9.91. The molecule has 2 saturated carbocycles. The molecular weight excluding hydrogens is 384 g/mol. The van der Waals surface area contributed by atoms with Crippen molar-refractivity contribution in [3.63, 3.8) is 0 Å². The zero-order valence-electron chi connectivity index (χ0n) is 16.5. The molecule has 152 valence electrons. The van der Waals surface area contributed by atoms with Crippen LogP contribution in [0.4, 0.5) is 0 Å². The van der Waals surface area contributed by atoms with Gasteiger partial charge < -0.3 is 0 Å². The predicted octanol–water partition coefficient (Wildman–Crippen LogP) is 3.28. The number of Topliss-reactive ketones (excluding diaryl/α,β-unsaturated/α-hetero) is 1. The van der Waals surface area contributed by atoms with E-state index in [0.717, 1.165) is 68.3 Å². The van der Waals surface area contributed by atoms with Crippen LogP contribution in [0.3, 0.4) is 0 Å². The number of hydrogen-bond donors (Lipinski definition) is 0. The molecule has 6 heteroatoms. The van der Waals surface area contributed by atoms with Gasteiger partial charge in [0, 0.05) is 42.1 Å². The first-order valence-corrected chi connectivity index (χ1v) is 12.5. The third kappa shape index (κ3) is 3.03.